The maximum absolute atomic E-state index is 2.43. The first-order chi connectivity index (χ1) is 13.9. The van der Waals surface area contributed by atoms with Gasteiger partial charge in [0.1, 0.15) is 0 Å². The molecule has 0 aliphatic heterocycles. The van der Waals surface area contributed by atoms with Gasteiger partial charge in [-0.15, -0.1) is 11.3 Å². The van der Waals surface area contributed by atoms with Crippen molar-refractivity contribution in [2.24, 2.45) is 0 Å². The van der Waals surface area contributed by atoms with Gasteiger partial charge < -0.3 is 4.40 Å². The van der Waals surface area contributed by atoms with Crippen molar-refractivity contribution in [2.45, 2.75) is 0 Å². The molecule has 7 aromatic rings. The number of hydrogen-bond acceptors (Lipinski definition) is 1. The lowest BCUT2D eigenvalue weighted by Gasteiger charge is -2.11. The summed E-state index contributed by atoms with van der Waals surface area (Å²) in [6.45, 7) is 0. The third-order valence-corrected chi connectivity index (χ3v) is 7.09. The van der Waals surface area contributed by atoms with E-state index < -0.39 is 0 Å². The highest BCUT2D eigenvalue weighted by Crippen LogP contribution is 2.42. The lowest BCUT2D eigenvalue weighted by Crippen LogP contribution is -1.90. The van der Waals surface area contributed by atoms with Crippen molar-refractivity contribution in [3.8, 4) is 0 Å². The molecule has 0 aliphatic rings. The molecule has 0 N–H and O–H groups in total. The maximum Gasteiger partial charge on any atom is 0.0628 e. The van der Waals surface area contributed by atoms with Crippen LogP contribution in [0.1, 0.15) is 0 Å². The van der Waals surface area contributed by atoms with E-state index in [1.807, 2.05) is 11.3 Å². The maximum atomic E-state index is 2.43. The van der Waals surface area contributed by atoms with Gasteiger partial charge in [-0.1, -0.05) is 72.8 Å². The number of aromatic nitrogens is 1. The fraction of sp³-hybridized carbons (Fsp3) is 0. The Morgan fingerprint density at radius 1 is 0.500 bits per heavy atom. The number of benzene rings is 4. The van der Waals surface area contributed by atoms with Crippen molar-refractivity contribution < 1.29 is 0 Å². The molecule has 0 amide bonds. The fourth-order valence-electron chi connectivity index (χ4n) is 4.80. The van der Waals surface area contributed by atoms with Crippen LogP contribution in [-0.2, 0) is 0 Å². The largest absolute Gasteiger partial charge is 0.314 e. The van der Waals surface area contributed by atoms with Crippen LogP contribution in [0.25, 0.3) is 58.1 Å². The Morgan fingerprint density at radius 3 is 2.07 bits per heavy atom. The first-order valence-electron chi connectivity index (χ1n) is 9.55. The average Bonchev–Trinajstić information content (AvgIpc) is 3.32. The minimum absolute atomic E-state index is 1.29. The molecule has 2 heteroatoms. The Hall–Kier alpha value is -3.36. The van der Waals surface area contributed by atoms with Crippen LogP contribution in [0.2, 0.25) is 0 Å². The van der Waals surface area contributed by atoms with E-state index in [-0.39, 0.29) is 0 Å². The molecule has 0 atom stereocenters. The van der Waals surface area contributed by atoms with Gasteiger partial charge >= 0.3 is 0 Å². The Morgan fingerprint density at radius 2 is 1.18 bits per heavy atom. The lowest BCUT2D eigenvalue weighted by atomic mass is 10.0. The summed E-state index contributed by atoms with van der Waals surface area (Å²) in [4.78, 5) is 0. The second-order valence-corrected chi connectivity index (χ2v) is 8.50. The molecule has 0 spiro atoms. The van der Waals surface area contributed by atoms with Gasteiger partial charge in [-0.05, 0) is 17.5 Å². The quantitative estimate of drug-likeness (QED) is 0.239. The number of thiophene rings is 1. The number of hydrogen-bond donors (Lipinski definition) is 0. The Balaban J connectivity index is 1.93. The summed E-state index contributed by atoms with van der Waals surface area (Å²) in [6, 6.07) is 30.9. The van der Waals surface area contributed by atoms with Crippen LogP contribution in [0.5, 0.6) is 0 Å². The van der Waals surface area contributed by atoms with Gasteiger partial charge in [0, 0.05) is 47.9 Å². The third kappa shape index (κ3) is 1.71. The number of fused-ring (bicyclic) bond motifs is 12. The average molecular weight is 373 g/mol. The predicted molar refractivity (Wildman–Crippen MR) is 123 cm³/mol. The highest BCUT2D eigenvalue weighted by molar-refractivity contribution is 7.26. The van der Waals surface area contributed by atoms with E-state index in [4.69, 9.17) is 0 Å². The van der Waals surface area contributed by atoms with E-state index >= 15 is 0 Å². The Bertz CT molecular complexity index is 1720. The normalized spacial score (nSPS) is 12.3. The molecule has 0 saturated heterocycles. The van der Waals surface area contributed by atoms with Crippen molar-refractivity contribution in [3.05, 3.63) is 91.1 Å². The smallest absolute Gasteiger partial charge is 0.0628 e. The van der Waals surface area contributed by atoms with Crippen LogP contribution in [-0.4, -0.2) is 4.40 Å². The van der Waals surface area contributed by atoms with E-state index in [9.17, 15) is 0 Å². The minimum Gasteiger partial charge on any atom is -0.314 e. The SMILES string of the molecule is c1ccc2c(c1)cn1c2c2ccccc2c2ccc3sc4ccccc4c3c21. The monoisotopic (exact) mass is 373 g/mol. The molecule has 130 valence electrons. The van der Waals surface area contributed by atoms with E-state index in [0.717, 1.165) is 0 Å². The predicted octanol–water partition coefficient (Wildman–Crippen LogP) is 7.77. The summed E-state index contributed by atoms with van der Waals surface area (Å²) in [5, 5.41) is 9.28. The topological polar surface area (TPSA) is 4.41 Å². The van der Waals surface area contributed by atoms with Crippen LogP contribution in [0.3, 0.4) is 0 Å². The third-order valence-electron chi connectivity index (χ3n) is 5.95. The summed E-state index contributed by atoms with van der Waals surface area (Å²) in [6.07, 6.45) is 2.31. The Labute approximate surface area is 165 Å². The van der Waals surface area contributed by atoms with Gasteiger partial charge in [-0.3, -0.25) is 0 Å². The molecule has 7 rings (SSSR count). The number of rotatable bonds is 0. The van der Waals surface area contributed by atoms with E-state index in [0.29, 0.717) is 0 Å². The molecule has 0 radical (unpaired) electrons. The molecule has 0 unspecified atom stereocenters. The van der Waals surface area contributed by atoms with Crippen LogP contribution in [0, 0.1) is 0 Å². The van der Waals surface area contributed by atoms with Crippen molar-refractivity contribution in [2.75, 3.05) is 0 Å². The van der Waals surface area contributed by atoms with Crippen molar-refractivity contribution in [1.82, 2.24) is 4.40 Å². The summed E-state index contributed by atoms with van der Waals surface area (Å²) >= 11 is 1.88. The zero-order valence-corrected chi connectivity index (χ0v) is 15.8. The Kier molecular flexibility index (Phi) is 2.68. The number of nitrogens with zero attached hydrogens (tertiary/aromatic N) is 1. The standard InChI is InChI=1S/C26H15NS/c1-2-8-17-16(7-1)15-27-25(17)19-10-4-3-9-18(19)20-13-14-23-24(26(20)27)21-11-5-6-12-22(21)28-23/h1-15H. The lowest BCUT2D eigenvalue weighted by molar-refractivity contribution is 1.31. The number of pyridine rings is 1. The molecule has 0 saturated carbocycles. The van der Waals surface area contributed by atoms with E-state index in [1.165, 1.54) is 58.1 Å². The molecule has 0 aliphatic carbocycles. The first-order valence-corrected chi connectivity index (χ1v) is 10.4. The van der Waals surface area contributed by atoms with Gasteiger partial charge in [0.25, 0.3) is 0 Å². The van der Waals surface area contributed by atoms with Crippen LogP contribution < -0.4 is 0 Å². The summed E-state index contributed by atoms with van der Waals surface area (Å²) < 4.78 is 5.13. The van der Waals surface area contributed by atoms with Gasteiger partial charge in [0.2, 0.25) is 0 Å². The van der Waals surface area contributed by atoms with E-state index in [2.05, 4.69) is 95.5 Å². The zero-order chi connectivity index (χ0) is 18.2. The van der Waals surface area contributed by atoms with Gasteiger partial charge in [0.15, 0.2) is 0 Å². The van der Waals surface area contributed by atoms with Crippen molar-refractivity contribution in [1.29, 1.82) is 0 Å². The second-order valence-electron chi connectivity index (χ2n) is 7.41. The van der Waals surface area contributed by atoms with E-state index in [1.54, 1.807) is 0 Å². The summed E-state index contributed by atoms with van der Waals surface area (Å²) in [5.74, 6) is 0. The molecule has 0 bridgehead atoms. The van der Waals surface area contributed by atoms with Crippen LogP contribution >= 0.6 is 11.3 Å². The molecule has 0 fully saturated rings. The summed E-state index contributed by atoms with van der Waals surface area (Å²) in [7, 11) is 0. The molecule has 1 nitrogen and oxygen atoms in total. The molecular weight excluding hydrogens is 358 g/mol. The molecule has 3 heterocycles. The van der Waals surface area contributed by atoms with Crippen molar-refractivity contribution in [3.63, 3.8) is 0 Å². The molecule has 28 heavy (non-hydrogen) atoms. The second kappa shape index (κ2) is 5.12. The highest BCUT2D eigenvalue weighted by atomic mass is 32.1. The van der Waals surface area contributed by atoms with Crippen molar-refractivity contribution >= 4 is 69.5 Å². The first kappa shape index (κ1) is 14.7. The zero-order valence-electron chi connectivity index (χ0n) is 15.0. The molecular formula is C26H15NS. The summed E-state index contributed by atoms with van der Waals surface area (Å²) in [5.41, 5.74) is 2.63. The molecule has 3 aromatic heterocycles. The molecule has 4 aromatic carbocycles. The van der Waals surface area contributed by atoms with Crippen LogP contribution in [0.15, 0.2) is 91.1 Å². The fourth-order valence-corrected chi connectivity index (χ4v) is 5.91. The minimum atomic E-state index is 1.29. The van der Waals surface area contributed by atoms with Gasteiger partial charge in [-0.2, -0.15) is 0 Å². The van der Waals surface area contributed by atoms with Gasteiger partial charge in [0.05, 0.1) is 11.0 Å². The van der Waals surface area contributed by atoms with Crippen LogP contribution in [0.4, 0.5) is 0 Å². The highest BCUT2D eigenvalue weighted by Gasteiger charge is 2.16. The van der Waals surface area contributed by atoms with Gasteiger partial charge in [-0.25, -0.2) is 0 Å².